The van der Waals surface area contributed by atoms with E-state index >= 15 is 0 Å². The first-order chi connectivity index (χ1) is 18.3. The van der Waals surface area contributed by atoms with E-state index in [1.807, 2.05) is 31.3 Å². The Morgan fingerprint density at radius 3 is 2.74 bits per heavy atom. The number of nitrogens with one attached hydrogen (secondary N) is 1. The van der Waals surface area contributed by atoms with Gasteiger partial charge < -0.3 is 19.9 Å². The minimum atomic E-state index is -1.01. The Morgan fingerprint density at radius 2 is 2.03 bits per heavy atom. The number of methoxy groups -OCH3 is 1. The summed E-state index contributed by atoms with van der Waals surface area (Å²) in [6.07, 6.45) is 8.41. The molecule has 0 spiro atoms. The average Bonchev–Trinajstić information content (AvgIpc) is 3.42. The molecule has 0 radical (unpaired) electrons. The number of carbonyl (C=O) groups excluding carboxylic acids is 1. The minimum Gasteiger partial charge on any atom is -0.465 e. The second-order valence-electron chi connectivity index (χ2n) is 10.0. The van der Waals surface area contributed by atoms with Gasteiger partial charge in [-0.05, 0) is 74.8 Å². The van der Waals surface area contributed by atoms with Crippen LogP contribution in [0.15, 0.2) is 36.7 Å². The molecule has 2 aromatic heterocycles. The summed E-state index contributed by atoms with van der Waals surface area (Å²) in [6.45, 7) is 6.65. The molecule has 0 amide bonds. The fraction of sp³-hybridized carbons (Fsp3) is 0.517. The van der Waals surface area contributed by atoms with Crippen molar-refractivity contribution in [1.29, 1.82) is 0 Å². The number of thiazole rings is 1. The van der Waals surface area contributed by atoms with Crippen LogP contribution in [0.2, 0.25) is 0 Å². The number of unbranched alkanes of at least 4 members (excludes halogenated alkanes) is 1. The second kappa shape index (κ2) is 12.8. The lowest BCUT2D eigenvalue weighted by atomic mass is 9.79. The van der Waals surface area contributed by atoms with Gasteiger partial charge in [0, 0.05) is 25.2 Å². The Bertz CT molecular complexity index is 1220. The Morgan fingerprint density at radius 1 is 1.24 bits per heavy atom. The van der Waals surface area contributed by atoms with Gasteiger partial charge in [0.2, 0.25) is 5.95 Å². The topological polar surface area (TPSA) is 106 Å². The van der Waals surface area contributed by atoms with E-state index < -0.39 is 5.60 Å². The highest BCUT2D eigenvalue weighted by Crippen LogP contribution is 2.43. The smallest absolute Gasteiger partial charge is 0.308 e. The highest BCUT2D eigenvalue weighted by Gasteiger charge is 2.39. The number of ether oxygens (including phenoxy) is 2. The van der Waals surface area contributed by atoms with Crippen molar-refractivity contribution < 1.29 is 19.4 Å². The van der Waals surface area contributed by atoms with Crippen LogP contribution in [0.3, 0.4) is 0 Å². The van der Waals surface area contributed by atoms with E-state index in [2.05, 4.69) is 40.2 Å². The summed E-state index contributed by atoms with van der Waals surface area (Å²) in [5.41, 5.74) is 2.79. The molecule has 1 saturated carbocycles. The Labute approximate surface area is 228 Å². The number of carbonyl (C=O) groups is 1. The van der Waals surface area contributed by atoms with Gasteiger partial charge in [0.1, 0.15) is 10.6 Å². The zero-order chi connectivity index (χ0) is 27.1. The Kier molecular flexibility index (Phi) is 9.46. The van der Waals surface area contributed by atoms with Crippen LogP contribution in [0.25, 0.3) is 10.4 Å². The van der Waals surface area contributed by atoms with Gasteiger partial charge in [0.25, 0.3) is 0 Å². The summed E-state index contributed by atoms with van der Waals surface area (Å²) in [7, 11) is 1.68. The molecule has 1 aliphatic rings. The highest BCUT2D eigenvalue weighted by atomic mass is 32.1. The molecule has 0 bridgehead atoms. The second-order valence-corrected chi connectivity index (χ2v) is 11.0. The molecule has 8 nitrogen and oxygen atoms in total. The van der Waals surface area contributed by atoms with Gasteiger partial charge in [0.15, 0.2) is 0 Å². The molecular formula is C29H38N4O4S. The van der Waals surface area contributed by atoms with Crippen LogP contribution < -0.4 is 5.32 Å². The number of aliphatic hydroxyl groups is 1. The molecular weight excluding hydrogens is 500 g/mol. The van der Waals surface area contributed by atoms with Crippen molar-refractivity contribution in [1.82, 2.24) is 15.0 Å². The lowest BCUT2D eigenvalue weighted by molar-refractivity contribution is -0.151. The van der Waals surface area contributed by atoms with E-state index in [9.17, 15) is 9.90 Å². The van der Waals surface area contributed by atoms with Crippen molar-refractivity contribution in [3.8, 4) is 10.4 Å². The third-order valence-corrected chi connectivity index (χ3v) is 8.31. The summed E-state index contributed by atoms with van der Waals surface area (Å²) in [4.78, 5) is 26.9. The van der Waals surface area contributed by atoms with Gasteiger partial charge in [-0.15, -0.1) is 11.3 Å². The van der Waals surface area contributed by atoms with Gasteiger partial charge in [-0.25, -0.2) is 15.0 Å². The maximum absolute atomic E-state index is 12.3. The van der Waals surface area contributed by atoms with Crippen molar-refractivity contribution in [3.63, 3.8) is 0 Å². The summed E-state index contributed by atoms with van der Waals surface area (Å²) in [5, 5.41) is 15.4. The van der Waals surface area contributed by atoms with Crippen LogP contribution in [-0.2, 0) is 19.9 Å². The molecule has 0 saturated heterocycles. The van der Waals surface area contributed by atoms with Gasteiger partial charge in [-0.2, -0.15) is 0 Å². The number of aromatic nitrogens is 3. The molecule has 1 atom stereocenters. The predicted octanol–water partition coefficient (Wildman–Crippen LogP) is 6.47. The third kappa shape index (κ3) is 6.76. The number of hydrogen-bond acceptors (Lipinski definition) is 9. The van der Waals surface area contributed by atoms with Gasteiger partial charge >= 0.3 is 5.97 Å². The summed E-state index contributed by atoms with van der Waals surface area (Å²) in [6, 6.07) is 8.06. The maximum atomic E-state index is 12.3. The number of benzene rings is 1. The van der Waals surface area contributed by atoms with Gasteiger partial charge in [-0.1, -0.05) is 26.3 Å². The zero-order valence-electron chi connectivity index (χ0n) is 22.7. The van der Waals surface area contributed by atoms with Crippen LogP contribution in [0.4, 0.5) is 11.6 Å². The molecule has 1 aromatic carbocycles. The first-order valence-electron chi connectivity index (χ1n) is 13.4. The van der Waals surface area contributed by atoms with Crippen molar-refractivity contribution in [2.75, 3.05) is 19.0 Å². The fourth-order valence-corrected chi connectivity index (χ4v) is 5.89. The van der Waals surface area contributed by atoms with E-state index in [4.69, 9.17) is 9.47 Å². The monoisotopic (exact) mass is 538 g/mol. The molecule has 2 N–H and O–H groups in total. The van der Waals surface area contributed by atoms with Crippen molar-refractivity contribution in [2.24, 2.45) is 5.92 Å². The van der Waals surface area contributed by atoms with E-state index in [0.29, 0.717) is 43.2 Å². The lowest BCUT2D eigenvalue weighted by Crippen LogP contribution is -2.34. The number of nitrogens with zero attached hydrogens (tertiary/aromatic N) is 3. The molecule has 0 aliphatic heterocycles. The average molecular weight is 539 g/mol. The maximum Gasteiger partial charge on any atom is 0.308 e. The number of aryl methyl sites for hydroxylation is 1. The first kappa shape index (κ1) is 28.1. The summed E-state index contributed by atoms with van der Waals surface area (Å²) < 4.78 is 10.9. The quantitative estimate of drug-likeness (QED) is 0.211. The van der Waals surface area contributed by atoms with Crippen LogP contribution >= 0.6 is 11.3 Å². The molecule has 1 fully saturated rings. The lowest BCUT2D eigenvalue weighted by Gasteiger charge is -2.33. The van der Waals surface area contributed by atoms with Gasteiger partial charge in [-0.3, -0.25) is 4.79 Å². The van der Waals surface area contributed by atoms with Crippen molar-refractivity contribution in [3.05, 3.63) is 52.9 Å². The molecule has 9 heteroatoms. The number of esters is 1. The van der Waals surface area contributed by atoms with Crippen molar-refractivity contribution >= 4 is 28.9 Å². The SMILES string of the molecule is CCCCOC(=O)C1CCC(O)(c2ncc(-c3cc(C)cc(Nc4nccc(C(CC)OC)n4)c3)s2)CC1. The number of hydrogen-bond donors (Lipinski definition) is 2. The largest absolute Gasteiger partial charge is 0.465 e. The fourth-order valence-electron chi connectivity index (χ4n) is 4.84. The molecule has 38 heavy (non-hydrogen) atoms. The van der Waals surface area contributed by atoms with E-state index in [0.717, 1.165) is 46.6 Å². The van der Waals surface area contributed by atoms with Crippen LogP contribution in [0.1, 0.15) is 81.2 Å². The van der Waals surface area contributed by atoms with Crippen molar-refractivity contribution in [2.45, 2.75) is 77.4 Å². The highest BCUT2D eigenvalue weighted by molar-refractivity contribution is 7.15. The van der Waals surface area contributed by atoms with E-state index in [-0.39, 0.29) is 18.0 Å². The van der Waals surface area contributed by atoms with E-state index in [1.165, 1.54) is 11.3 Å². The predicted molar refractivity (Wildman–Crippen MR) is 149 cm³/mol. The number of rotatable bonds is 11. The van der Waals surface area contributed by atoms with Gasteiger partial charge in [0.05, 0.1) is 29.2 Å². The zero-order valence-corrected chi connectivity index (χ0v) is 23.5. The van der Waals surface area contributed by atoms with Crippen LogP contribution in [0.5, 0.6) is 0 Å². The molecule has 3 aromatic rings. The normalized spacial score (nSPS) is 20.2. The summed E-state index contributed by atoms with van der Waals surface area (Å²) in [5.74, 6) is 0.232. The van der Waals surface area contributed by atoms with Crippen LogP contribution in [-0.4, -0.2) is 39.7 Å². The molecule has 1 aliphatic carbocycles. The Hall–Kier alpha value is -2.88. The van der Waals surface area contributed by atoms with E-state index in [1.54, 1.807) is 13.3 Å². The first-order valence-corrected chi connectivity index (χ1v) is 14.3. The summed E-state index contributed by atoms with van der Waals surface area (Å²) >= 11 is 1.50. The molecule has 204 valence electrons. The third-order valence-electron chi connectivity index (χ3n) is 7.07. The Balaban J connectivity index is 1.45. The van der Waals surface area contributed by atoms with Crippen LogP contribution in [0, 0.1) is 12.8 Å². The molecule has 4 rings (SSSR count). The molecule has 2 heterocycles. The minimum absolute atomic E-state index is 0.0743. The molecule has 1 unspecified atom stereocenters. The number of anilines is 2. The standard InChI is InChI=1S/C29H38N4O4S/c1-5-7-14-37-26(34)20-8-11-29(35,12-9-20)27-31-18-25(38-27)21-15-19(3)16-22(17-21)32-28-30-13-10-23(33-28)24(6-2)36-4/h10,13,15-18,20,24,35H,5-9,11-12,14H2,1-4H3,(H,30,32,33).